The third-order valence-corrected chi connectivity index (χ3v) is 4.77. The molecule has 2 aromatic rings. The van der Waals surface area contributed by atoms with Gasteiger partial charge in [-0.25, -0.2) is 0 Å². The number of ketones is 1. The Bertz CT molecular complexity index is 859. The third kappa shape index (κ3) is 2.52. The van der Waals surface area contributed by atoms with Crippen LogP contribution in [0.3, 0.4) is 0 Å². The highest BCUT2D eigenvalue weighted by molar-refractivity contribution is 6.03. The number of anilines is 1. The Hall–Kier alpha value is -2.63. The van der Waals surface area contributed by atoms with Gasteiger partial charge in [0.05, 0.1) is 12.2 Å². The molecule has 0 fully saturated rings. The zero-order valence-electron chi connectivity index (χ0n) is 13.8. The molecule has 0 radical (unpaired) electrons. The smallest absolute Gasteiger partial charge is 0.199 e. The summed E-state index contributed by atoms with van der Waals surface area (Å²) >= 11 is 0. The molecule has 0 bridgehead atoms. The SMILES string of the molecule is Cc1ccc2c(c1)[C@@H](c1ccccc1)C1=C(N2)O[C@H](CO)[C@@H](O)C1=O. The maximum absolute atomic E-state index is 12.9. The van der Waals surface area contributed by atoms with Gasteiger partial charge in [-0.2, -0.15) is 0 Å². The largest absolute Gasteiger partial charge is 0.470 e. The fraction of sp³-hybridized carbons (Fsp3) is 0.250. The average Bonchev–Trinajstić information content (AvgIpc) is 2.64. The Morgan fingerprint density at radius 3 is 2.64 bits per heavy atom. The molecule has 0 saturated carbocycles. The van der Waals surface area contributed by atoms with Gasteiger partial charge in [0.1, 0.15) is 0 Å². The Morgan fingerprint density at radius 1 is 1.16 bits per heavy atom. The van der Waals surface area contributed by atoms with Gasteiger partial charge in [0.15, 0.2) is 23.9 Å². The van der Waals surface area contributed by atoms with Crippen LogP contribution in [-0.4, -0.2) is 34.8 Å². The number of rotatable bonds is 2. The van der Waals surface area contributed by atoms with Gasteiger partial charge in [-0.1, -0.05) is 48.0 Å². The van der Waals surface area contributed by atoms with Crippen LogP contribution in [0.2, 0.25) is 0 Å². The van der Waals surface area contributed by atoms with E-state index in [1.165, 1.54) is 0 Å². The van der Waals surface area contributed by atoms with Crippen LogP contribution in [0.1, 0.15) is 22.6 Å². The van der Waals surface area contributed by atoms with E-state index in [4.69, 9.17) is 4.74 Å². The molecule has 25 heavy (non-hydrogen) atoms. The molecule has 2 aromatic carbocycles. The molecule has 0 unspecified atom stereocenters. The van der Waals surface area contributed by atoms with Crippen LogP contribution >= 0.6 is 0 Å². The van der Waals surface area contributed by atoms with Crippen LogP contribution in [0.25, 0.3) is 0 Å². The molecule has 128 valence electrons. The first-order valence-electron chi connectivity index (χ1n) is 8.26. The second kappa shape index (κ2) is 6.02. The molecule has 5 heteroatoms. The maximum Gasteiger partial charge on any atom is 0.199 e. The zero-order valence-corrected chi connectivity index (χ0v) is 13.8. The van der Waals surface area contributed by atoms with Crippen LogP contribution in [0.5, 0.6) is 0 Å². The van der Waals surface area contributed by atoms with Gasteiger partial charge < -0.3 is 20.3 Å². The van der Waals surface area contributed by atoms with E-state index in [0.29, 0.717) is 11.5 Å². The Kier molecular flexibility index (Phi) is 3.82. The summed E-state index contributed by atoms with van der Waals surface area (Å²) in [6.07, 6.45) is -2.33. The van der Waals surface area contributed by atoms with Crippen molar-refractivity contribution in [2.75, 3.05) is 11.9 Å². The zero-order chi connectivity index (χ0) is 17.6. The van der Waals surface area contributed by atoms with E-state index in [-0.39, 0.29) is 5.92 Å². The molecule has 0 aromatic heterocycles. The summed E-state index contributed by atoms with van der Waals surface area (Å²) in [6.45, 7) is 1.57. The van der Waals surface area contributed by atoms with Gasteiger partial charge in [0.25, 0.3) is 0 Å². The summed E-state index contributed by atoms with van der Waals surface area (Å²) in [5.74, 6) is -0.414. The van der Waals surface area contributed by atoms with Crippen molar-refractivity contribution in [3.63, 3.8) is 0 Å². The van der Waals surface area contributed by atoms with E-state index >= 15 is 0 Å². The van der Waals surface area contributed by atoms with Crippen molar-refractivity contribution in [1.82, 2.24) is 0 Å². The average molecular weight is 337 g/mol. The monoisotopic (exact) mass is 337 g/mol. The van der Waals surface area contributed by atoms with Crippen molar-refractivity contribution in [2.24, 2.45) is 0 Å². The Morgan fingerprint density at radius 2 is 1.92 bits per heavy atom. The molecule has 5 nitrogen and oxygen atoms in total. The minimum Gasteiger partial charge on any atom is -0.470 e. The highest BCUT2D eigenvalue weighted by Gasteiger charge is 2.44. The molecule has 2 aliphatic heterocycles. The van der Waals surface area contributed by atoms with E-state index in [2.05, 4.69) is 5.32 Å². The molecule has 2 aliphatic rings. The molecule has 0 saturated heterocycles. The lowest BCUT2D eigenvalue weighted by molar-refractivity contribution is -0.136. The number of hydrogen-bond donors (Lipinski definition) is 3. The Labute approximate surface area is 145 Å². The summed E-state index contributed by atoms with van der Waals surface area (Å²) in [4.78, 5) is 12.9. The molecule has 0 amide bonds. The topological polar surface area (TPSA) is 78.8 Å². The molecule has 4 rings (SSSR count). The number of Topliss-reactive ketones (excluding diaryl/α,β-unsaturated/α-hetero) is 1. The van der Waals surface area contributed by atoms with Crippen molar-refractivity contribution in [3.8, 4) is 0 Å². The normalized spacial score (nSPS) is 24.9. The highest BCUT2D eigenvalue weighted by atomic mass is 16.5. The number of carbonyl (C=O) groups excluding carboxylic acids is 1. The van der Waals surface area contributed by atoms with Crippen molar-refractivity contribution in [2.45, 2.75) is 25.0 Å². The van der Waals surface area contributed by atoms with Crippen LogP contribution < -0.4 is 5.32 Å². The summed E-state index contributed by atoms with van der Waals surface area (Å²) in [6, 6.07) is 15.7. The lowest BCUT2D eigenvalue weighted by Crippen LogP contribution is -2.46. The van der Waals surface area contributed by atoms with E-state index < -0.39 is 24.6 Å². The fourth-order valence-corrected chi connectivity index (χ4v) is 3.53. The van der Waals surface area contributed by atoms with Gasteiger partial charge >= 0.3 is 0 Å². The maximum atomic E-state index is 12.9. The number of nitrogens with one attached hydrogen (secondary N) is 1. The summed E-state index contributed by atoms with van der Waals surface area (Å²) in [5.41, 5.74) is 4.27. The van der Waals surface area contributed by atoms with E-state index in [1.54, 1.807) is 0 Å². The van der Waals surface area contributed by atoms with Crippen LogP contribution in [0.15, 0.2) is 60.0 Å². The van der Waals surface area contributed by atoms with E-state index in [1.807, 2.05) is 55.5 Å². The summed E-state index contributed by atoms with van der Waals surface area (Å²) in [7, 11) is 0. The molecule has 0 spiro atoms. The van der Waals surface area contributed by atoms with Gasteiger partial charge in [0.2, 0.25) is 0 Å². The predicted molar refractivity (Wildman–Crippen MR) is 93.1 cm³/mol. The van der Waals surface area contributed by atoms with Crippen LogP contribution in [0, 0.1) is 6.92 Å². The lowest BCUT2D eigenvalue weighted by atomic mass is 9.77. The number of carbonyl (C=O) groups is 1. The summed E-state index contributed by atoms with van der Waals surface area (Å²) in [5, 5.41) is 22.8. The second-order valence-corrected chi connectivity index (χ2v) is 6.45. The van der Waals surface area contributed by atoms with Gasteiger partial charge in [-0.15, -0.1) is 0 Å². The van der Waals surface area contributed by atoms with Crippen molar-refractivity contribution in [3.05, 3.63) is 76.7 Å². The minimum absolute atomic E-state index is 0.319. The standard InChI is InChI=1S/C20H19NO4/c1-11-7-8-14-13(9-11)16(12-5-3-2-4-6-12)17-19(24)18(23)15(10-22)25-20(17)21-14/h2-9,15-16,18,21-23H,10H2,1H3/t15-,16-,18-/m1/s1. The molecule has 3 N–H and O–H groups in total. The number of aryl methyl sites for hydroxylation is 1. The first-order chi connectivity index (χ1) is 12.1. The molecule has 3 atom stereocenters. The van der Waals surface area contributed by atoms with Gasteiger partial charge in [-0.05, 0) is 24.1 Å². The second-order valence-electron chi connectivity index (χ2n) is 6.45. The molecular formula is C20H19NO4. The minimum atomic E-state index is -1.37. The van der Waals surface area contributed by atoms with Crippen LogP contribution in [-0.2, 0) is 9.53 Å². The van der Waals surface area contributed by atoms with Crippen molar-refractivity contribution >= 4 is 11.5 Å². The Balaban J connectivity index is 1.93. The number of hydrogen-bond acceptors (Lipinski definition) is 5. The van der Waals surface area contributed by atoms with Gasteiger partial charge in [-0.3, -0.25) is 4.79 Å². The van der Waals surface area contributed by atoms with Gasteiger partial charge in [0, 0.05) is 11.6 Å². The highest BCUT2D eigenvalue weighted by Crippen LogP contribution is 2.44. The number of benzene rings is 2. The predicted octanol–water partition coefficient (Wildman–Crippen LogP) is 2.09. The first kappa shape index (κ1) is 15.9. The molecular weight excluding hydrogens is 318 g/mol. The third-order valence-electron chi connectivity index (χ3n) is 4.77. The van der Waals surface area contributed by atoms with Crippen molar-refractivity contribution in [1.29, 1.82) is 0 Å². The van der Waals surface area contributed by atoms with Crippen LogP contribution in [0.4, 0.5) is 5.69 Å². The number of aliphatic hydroxyl groups excluding tert-OH is 2. The quantitative estimate of drug-likeness (QED) is 0.782. The number of aliphatic hydroxyl groups is 2. The number of ether oxygens (including phenoxy) is 1. The first-order valence-corrected chi connectivity index (χ1v) is 8.26. The lowest BCUT2D eigenvalue weighted by Gasteiger charge is -2.38. The van der Waals surface area contributed by atoms with E-state index in [0.717, 1.165) is 22.4 Å². The van der Waals surface area contributed by atoms with E-state index in [9.17, 15) is 15.0 Å². The van der Waals surface area contributed by atoms with Crippen molar-refractivity contribution < 1.29 is 19.7 Å². The number of fused-ring (bicyclic) bond motifs is 1. The summed E-state index contributed by atoms with van der Waals surface area (Å²) < 4.78 is 5.71. The fourth-order valence-electron chi connectivity index (χ4n) is 3.53. The molecule has 0 aliphatic carbocycles. The molecule has 2 heterocycles.